The summed E-state index contributed by atoms with van der Waals surface area (Å²) in [6, 6.07) is 10.9. The van der Waals surface area contributed by atoms with Gasteiger partial charge in [0.15, 0.2) is 0 Å². The fourth-order valence-corrected chi connectivity index (χ4v) is 4.98. The monoisotopic (exact) mass is 485 g/mol. The number of hydrogen-bond donors (Lipinski definition) is 4. The van der Waals surface area contributed by atoms with Crippen molar-refractivity contribution in [2.24, 2.45) is 0 Å². The first-order chi connectivity index (χ1) is 15.4. The molecule has 1 aromatic carbocycles. The molecule has 4 N–H and O–H groups in total. The molecule has 0 radical (unpaired) electrons. The third-order valence-corrected chi connectivity index (χ3v) is 6.93. The van der Waals surface area contributed by atoms with Crippen LogP contribution in [0.15, 0.2) is 30.3 Å². The van der Waals surface area contributed by atoms with E-state index in [1.165, 1.54) is 0 Å². The molecule has 0 heterocycles. The van der Waals surface area contributed by atoms with Gasteiger partial charge in [0, 0.05) is 0 Å². The standard InChI is InChI=1S/C23H40N3O6P/c1-19(2)26(20(3)4)22(16-24)18-32-33(28,29,30)15-11-6-5-10-14-25-23(27)31-17-21-12-8-7-9-13-21/h7-9,12-13,19-20,22,28-30H,5-6,10-11,14-15,17-18H2,1-4H3,(H,25,27). The number of alkyl carbamates (subject to hydrolysis) is 1. The van der Waals surface area contributed by atoms with E-state index in [4.69, 9.17) is 9.26 Å². The van der Waals surface area contributed by atoms with Gasteiger partial charge in [-0.25, -0.2) is 0 Å². The number of amides is 1. The minimum Gasteiger partial charge on any atom is -0.0622 e. The van der Waals surface area contributed by atoms with Crippen LogP contribution < -0.4 is 5.32 Å². The number of carbonyl (C=O) groups is 1. The molecule has 0 spiro atoms. The Hall–Kier alpha value is -1.79. The van der Waals surface area contributed by atoms with Crippen molar-refractivity contribution < 1.29 is 28.7 Å². The molecule has 0 saturated heterocycles. The van der Waals surface area contributed by atoms with Gasteiger partial charge in [-0.05, 0) is 0 Å². The maximum absolute atomic E-state index is 11.7. The molecular weight excluding hydrogens is 445 g/mol. The number of nitrogens with zero attached hydrogens (tertiary/aromatic N) is 2. The van der Waals surface area contributed by atoms with E-state index < -0.39 is 19.6 Å². The minimum atomic E-state index is -5.27. The second-order valence-electron chi connectivity index (χ2n) is 8.77. The molecule has 0 aliphatic rings. The van der Waals surface area contributed by atoms with E-state index in [9.17, 15) is 24.7 Å². The number of rotatable bonds is 15. The smallest absolute Gasteiger partial charge is 0.0622 e. The third kappa shape index (κ3) is 12.3. The zero-order valence-electron chi connectivity index (χ0n) is 20.2. The molecule has 1 rings (SSSR count). The summed E-state index contributed by atoms with van der Waals surface area (Å²) in [5.74, 6) is 0. The van der Waals surface area contributed by atoms with E-state index in [-0.39, 0.29) is 31.5 Å². The van der Waals surface area contributed by atoms with Crippen LogP contribution >= 0.6 is 7.51 Å². The summed E-state index contributed by atoms with van der Waals surface area (Å²) in [6.07, 6.45) is 1.60. The Bertz CT molecular complexity index is 738. The van der Waals surface area contributed by atoms with Gasteiger partial charge in [0.25, 0.3) is 0 Å². The molecule has 1 amide bonds. The van der Waals surface area contributed by atoms with Gasteiger partial charge >= 0.3 is 179 Å². The van der Waals surface area contributed by atoms with Gasteiger partial charge in [0.05, 0.1) is 0 Å². The molecule has 188 valence electrons. The fraction of sp³-hybridized carbons (Fsp3) is 0.652. The number of carbonyl (C=O) groups excluding carboxylic acids is 1. The Morgan fingerprint density at radius 3 is 2.24 bits per heavy atom. The Labute approximate surface area is 197 Å². The summed E-state index contributed by atoms with van der Waals surface area (Å²) in [5.41, 5.74) is 0.912. The molecule has 1 aromatic rings. The molecule has 0 saturated carbocycles. The van der Waals surface area contributed by atoms with Gasteiger partial charge < -0.3 is 0 Å². The first-order valence-corrected chi connectivity index (χ1v) is 13.7. The molecule has 0 fully saturated rings. The predicted octanol–water partition coefficient (Wildman–Crippen LogP) is 3.69. The molecule has 0 aromatic heterocycles. The zero-order valence-corrected chi connectivity index (χ0v) is 21.1. The van der Waals surface area contributed by atoms with Crippen molar-refractivity contribution in [3.63, 3.8) is 0 Å². The quantitative estimate of drug-likeness (QED) is 0.218. The van der Waals surface area contributed by atoms with E-state index in [1.807, 2.05) is 62.9 Å². The van der Waals surface area contributed by atoms with Crippen LogP contribution in [0.25, 0.3) is 0 Å². The number of ether oxygens (including phenoxy) is 1. The van der Waals surface area contributed by atoms with E-state index in [1.54, 1.807) is 0 Å². The van der Waals surface area contributed by atoms with Crippen molar-refractivity contribution in [2.75, 3.05) is 19.3 Å². The number of nitriles is 1. The molecule has 33 heavy (non-hydrogen) atoms. The van der Waals surface area contributed by atoms with Gasteiger partial charge in [-0.2, -0.15) is 0 Å². The van der Waals surface area contributed by atoms with Gasteiger partial charge in [0.1, 0.15) is 0 Å². The molecule has 0 bridgehead atoms. The van der Waals surface area contributed by atoms with Crippen molar-refractivity contribution in [3.8, 4) is 6.07 Å². The molecule has 10 heteroatoms. The number of nitrogens with one attached hydrogen (secondary N) is 1. The van der Waals surface area contributed by atoms with E-state index >= 15 is 0 Å². The van der Waals surface area contributed by atoms with E-state index in [0.717, 1.165) is 12.0 Å². The Balaban J connectivity index is 2.26. The predicted molar refractivity (Wildman–Crippen MR) is 129 cm³/mol. The normalized spacial score (nSPS) is 14.0. The van der Waals surface area contributed by atoms with Crippen LogP contribution in [0.1, 0.15) is 58.9 Å². The number of hydrogen-bond acceptors (Lipinski definition) is 8. The van der Waals surface area contributed by atoms with Gasteiger partial charge in [-0.3, -0.25) is 0 Å². The van der Waals surface area contributed by atoms with E-state index in [2.05, 4.69) is 11.4 Å². The van der Waals surface area contributed by atoms with Crippen LogP contribution in [0.5, 0.6) is 0 Å². The van der Waals surface area contributed by atoms with E-state index in [0.29, 0.717) is 25.8 Å². The molecule has 1 atom stereocenters. The van der Waals surface area contributed by atoms with Crippen molar-refractivity contribution in [2.45, 2.75) is 78.1 Å². The van der Waals surface area contributed by atoms with Crippen LogP contribution in [0.4, 0.5) is 4.79 Å². The Morgan fingerprint density at radius 2 is 1.67 bits per heavy atom. The number of unbranched alkanes of at least 4 members (excludes halogenated alkanes) is 3. The Kier molecular flexibility index (Phi) is 12.2. The van der Waals surface area contributed by atoms with Crippen molar-refractivity contribution in [1.29, 1.82) is 5.26 Å². The molecule has 9 nitrogen and oxygen atoms in total. The summed E-state index contributed by atoms with van der Waals surface area (Å²) in [6.45, 7) is 8.13. The van der Waals surface area contributed by atoms with Crippen LogP contribution in [0.2, 0.25) is 0 Å². The average Bonchev–Trinajstić information content (AvgIpc) is 2.74. The number of benzene rings is 1. The fourth-order valence-electron chi connectivity index (χ4n) is 3.63. The van der Waals surface area contributed by atoms with Gasteiger partial charge in [-0.1, -0.05) is 18.2 Å². The van der Waals surface area contributed by atoms with Crippen LogP contribution in [0, 0.1) is 11.3 Å². The second-order valence-corrected chi connectivity index (χ2v) is 11.6. The van der Waals surface area contributed by atoms with Crippen molar-refractivity contribution in [3.05, 3.63) is 35.9 Å². The van der Waals surface area contributed by atoms with Crippen LogP contribution in [0.3, 0.4) is 0 Å². The second kappa shape index (κ2) is 13.8. The SMILES string of the molecule is CC(C)N(C(C)C)C(C#N)COP(O)(O)(O)CCCCCCNC(=O)OCc1ccccc1. The maximum atomic E-state index is 11.7. The summed E-state index contributed by atoms with van der Waals surface area (Å²) in [5, 5.41) is 12.1. The molecular formula is C23H40N3O6P. The van der Waals surface area contributed by atoms with Crippen LogP contribution in [-0.4, -0.2) is 63.1 Å². The molecule has 0 aliphatic heterocycles. The summed E-state index contributed by atoms with van der Waals surface area (Å²) < 4.78 is 10.3. The van der Waals surface area contributed by atoms with Gasteiger partial charge in [-0.15, -0.1) is 0 Å². The van der Waals surface area contributed by atoms with Gasteiger partial charge in [0.2, 0.25) is 0 Å². The van der Waals surface area contributed by atoms with Crippen LogP contribution in [-0.2, 0) is 15.9 Å². The molecule has 1 unspecified atom stereocenters. The minimum absolute atomic E-state index is 0.0598. The topological polar surface area (TPSA) is 135 Å². The first kappa shape index (κ1) is 29.2. The summed E-state index contributed by atoms with van der Waals surface area (Å²) >= 11 is 0. The zero-order chi connectivity index (χ0) is 24.9. The molecule has 0 aliphatic carbocycles. The third-order valence-electron chi connectivity index (χ3n) is 5.16. The first-order valence-electron chi connectivity index (χ1n) is 11.5. The Morgan fingerprint density at radius 1 is 1.06 bits per heavy atom. The average molecular weight is 486 g/mol. The summed E-state index contributed by atoms with van der Waals surface area (Å²) in [7, 11) is -5.27. The summed E-state index contributed by atoms with van der Waals surface area (Å²) in [4.78, 5) is 44.3. The van der Waals surface area contributed by atoms with Crippen molar-refractivity contribution in [1.82, 2.24) is 10.2 Å². The van der Waals surface area contributed by atoms with Crippen molar-refractivity contribution >= 4 is 13.6 Å².